The lowest BCUT2D eigenvalue weighted by atomic mass is 10.0. The monoisotopic (exact) mass is 301 g/mol. The Morgan fingerprint density at radius 1 is 1.19 bits per heavy atom. The molecule has 3 rings (SSSR count). The van der Waals surface area contributed by atoms with Gasteiger partial charge in [0.05, 0.1) is 17.4 Å². The maximum Gasteiger partial charge on any atom is 0.339 e. The molecule has 2 aromatic heterocycles. The Kier molecular flexibility index (Phi) is 3.29. The van der Waals surface area contributed by atoms with E-state index in [1.165, 1.54) is 11.5 Å². The third kappa shape index (κ3) is 2.14. The summed E-state index contributed by atoms with van der Waals surface area (Å²) in [4.78, 5) is 13.0. The molecule has 0 aliphatic carbocycles. The Bertz CT molecular complexity index is 892. The van der Waals surface area contributed by atoms with E-state index in [1.807, 2.05) is 32.2 Å². The minimum Gasteiger partial charge on any atom is -0.496 e. The van der Waals surface area contributed by atoms with Crippen molar-refractivity contribution in [3.05, 3.63) is 45.4 Å². The molecular formula is C16H15NO3S. The van der Waals surface area contributed by atoms with Gasteiger partial charge in [-0.25, -0.2) is 9.17 Å². The number of methoxy groups -OCH3 is 1. The van der Waals surface area contributed by atoms with Crippen LogP contribution in [0.2, 0.25) is 0 Å². The molecule has 0 amide bonds. The van der Waals surface area contributed by atoms with E-state index >= 15 is 0 Å². The molecule has 5 heteroatoms. The third-order valence-corrected chi connectivity index (χ3v) is 4.69. The van der Waals surface area contributed by atoms with Gasteiger partial charge in [0.2, 0.25) is 0 Å². The number of aryl methyl sites for hydroxylation is 2. The number of nitrogens with zero attached hydrogens (tertiary/aromatic N) is 1. The zero-order valence-corrected chi connectivity index (χ0v) is 13.1. The number of benzene rings is 1. The van der Waals surface area contributed by atoms with Crippen LogP contribution in [0.4, 0.5) is 0 Å². The van der Waals surface area contributed by atoms with Gasteiger partial charge in [-0.05, 0) is 55.6 Å². The van der Waals surface area contributed by atoms with Gasteiger partial charge in [0.15, 0.2) is 0 Å². The van der Waals surface area contributed by atoms with Crippen LogP contribution in [0.1, 0.15) is 16.7 Å². The summed E-state index contributed by atoms with van der Waals surface area (Å²) >= 11 is 1.42. The Morgan fingerprint density at radius 3 is 2.57 bits per heavy atom. The SMILES string of the molecule is COc1cc(-c2sncc2C)cc2oc(=O)c(C)c(C)c12. The fourth-order valence-corrected chi connectivity index (χ4v) is 3.15. The first-order chi connectivity index (χ1) is 10.0. The van der Waals surface area contributed by atoms with E-state index in [0.29, 0.717) is 16.9 Å². The molecule has 0 radical (unpaired) electrons. The fraction of sp³-hybridized carbons (Fsp3) is 0.250. The van der Waals surface area contributed by atoms with Crippen LogP contribution in [0.5, 0.6) is 5.75 Å². The van der Waals surface area contributed by atoms with Gasteiger partial charge < -0.3 is 9.15 Å². The largest absolute Gasteiger partial charge is 0.496 e. The molecule has 0 aliphatic heterocycles. The van der Waals surface area contributed by atoms with E-state index in [2.05, 4.69) is 4.37 Å². The zero-order chi connectivity index (χ0) is 15.1. The van der Waals surface area contributed by atoms with Gasteiger partial charge in [-0.1, -0.05) is 0 Å². The predicted octanol–water partition coefficient (Wildman–Crippen LogP) is 3.85. The molecule has 2 heterocycles. The first kappa shape index (κ1) is 13.8. The Morgan fingerprint density at radius 2 is 1.95 bits per heavy atom. The van der Waals surface area contributed by atoms with Crippen LogP contribution in [0.25, 0.3) is 21.4 Å². The summed E-state index contributed by atoms with van der Waals surface area (Å²) in [7, 11) is 1.62. The second kappa shape index (κ2) is 5.00. The minimum absolute atomic E-state index is 0.305. The highest BCUT2D eigenvalue weighted by Gasteiger charge is 2.15. The number of hydrogen-bond donors (Lipinski definition) is 0. The van der Waals surface area contributed by atoms with Crippen molar-refractivity contribution in [2.75, 3.05) is 7.11 Å². The van der Waals surface area contributed by atoms with E-state index in [1.54, 1.807) is 14.0 Å². The van der Waals surface area contributed by atoms with E-state index in [4.69, 9.17) is 9.15 Å². The van der Waals surface area contributed by atoms with Crippen LogP contribution < -0.4 is 10.4 Å². The van der Waals surface area contributed by atoms with Crippen molar-refractivity contribution in [2.24, 2.45) is 0 Å². The van der Waals surface area contributed by atoms with Crippen molar-refractivity contribution in [3.63, 3.8) is 0 Å². The van der Waals surface area contributed by atoms with Crippen molar-refractivity contribution in [1.82, 2.24) is 4.37 Å². The van der Waals surface area contributed by atoms with Crippen molar-refractivity contribution < 1.29 is 9.15 Å². The lowest BCUT2D eigenvalue weighted by Gasteiger charge is -2.11. The number of ether oxygens (including phenoxy) is 1. The number of fused-ring (bicyclic) bond motifs is 1. The summed E-state index contributed by atoms with van der Waals surface area (Å²) in [6.45, 7) is 5.68. The molecule has 0 N–H and O–H groups in total. The molecule has 3 aromatic rings. The van der Waals surface area contributed by atoms with Gasteiger partial charge in [-0.15, -0.1) is 0 Å². The topological polar surface area (TPSA) is 52.3 Å². The van der Waals surface area contributed by atoms with E-state index < -0.39 is 0 Å². The molecule has 21 heavy (non-hydrogen) atoms. The molecule has 0 spiro atoms. The van der Waals surface area contributed by atoms with E-state index in [-0.39, 0.29) is 5.63 Å². The van der Waals surface area contributed by atoms with Crippen LogP contribution in [-0.4, -0.2) is 11.5 Å². The van der Waals surface area contributed by atoms with Gasteiger partial charge >= 0.3 is 5.63 Å². The number of aromatic nitrogens is 1. The summed E-state index contributed by atoms with van der Waals surface area (Å²) in [6, 6.07) is 3.85. The van der Waals surface area contributed by atoms with Crippen LogP contribution in [0.15, 0.2) is 27.5 Å². The molecular weight excluding hydrogens is 286 g/mol. The normalized spacial score (nSPS) is 11.0. The molecule has 1 aromatic carbocycles. The van der Waals surface area contributed by atoms with Crippen LogP contribution in [0.3, 0.4) is 0 Å². The smallest absolute Gasteiger partial charge is 0.339 e. The second-order valence-electron chi connectivity index (χ2n) is 5.03. The Hall–Kier alpha value is -2.14. The summed E-state index contributed by atoms with van der Waals surface area (Å²) in [5.74, 6) is 0.708. The van der Waals surface area contributed by atoms with Gasteiger partial charge in [-0.3, -0.25) is 0 Å². The second-order valence-corrected chi connectivity index (χ2v) is 5.83. The summed E-state index contributed by atoms with van der Waals surface area (Å²) in [6.07, 6.45) is 1.83. The van der Waals surface area contributed by atoms with Crippen molar-refractivity contribution in [2.45, 2.75) is 20.8 Å². The molecule has 4 nitrogen and oxygen atoms in total. The Balaban J connectivity index is 2.40. The Labute approximate surface area is 126 Å². The average molecular weight is 301 g/mol. The van der Waals surface area contributed by atoms with E-state index in [0.717, 1.165) is 27.0 Å². The fourth-order valence-electron chi connectivity index (χ4n) is 2.42. The highest BCUT2D eigenvalue weighted by molar-refractivity contribution is 7.09. The third-order valence-electron chi connectivity index (χ3n) is 3.74. The maximum absolute atomic E-state index is 11.9. The number of hydrogen-bond acceptors (Lipinski definition) is 5. The lowest BCUT2D eigenvalue weighted by molar-refractivity contribution is 0.418. The molecule has 0 saturated heterocycles. The molecule has 0 atom stereocenters. The summed E-state index contributed by atoms with van der Waals surface area (Å²) in [5.41, 5.74) is 3.79. The highest BCUT2D eigenvalue weighted by Crippen LogP contribution is 2.36. The van der Waals surface area contributed by atoms with Crippen LogP contribution in [-0.2, 0) is 0 Å². The average Bonchev–Trinajstić information content (AvgIpc) is 2.89. The highest BCUT2D eigenvalue weighted by atomic mass is 32.1. The van der Waals surface area contributed by atoms with Crippen LogP contribution >= 0.6 is 11.5 Å². The van der Waals surface area contributed by atoms with Crippen LogP contribution in [0, 0.1) is 20.8 Å². The molecule has 108 valence electrons. The predicted molar refractivity (Wildman–Crippen MR) is 84.4 cm³/mol. The van der Waals surface area contributed by atoms with Gasteiger partial charge in [-0.2, -0.15) is 0 Å². The van der Waals surface area contributed by atoms with Gasteiger partial charge in [0.1, 0.15) is 11.3 Å². The quantitative estimate of drug-likeness (QED) is 0.675. The maximum atomic E-state index is 11.9. The van der Waals surface area contributed by atoms with Gasteiger partial charge in [0.25, 0.3) is 0 Å². The standard InChI is InChI=1S/C16H15NO3S/c1-8-7-17-21-15(8)11-5-12(19-4)14-9(2)10(3)16(18)20-13(14)6-11/h5-7H,1-4H3. The molecule has 0 fully saturated rings. The first-order valence-electron chi connectivity index (χ1n) is 6.56. The molecule has 0 aliphatic rings. The first-order valence-corrected chi connectivity index (χ1v) is 7.34. The lowest BCUT2D eigenvalue weighted by Crippen LogP contribution is -2.06. The van der Waals surface area contributed by atoms with Crippen molar-refractivity contribution in [3.8, 4) is 16.2 Å². The molecule has 0 bridgehead atoms. The summed E-state index contributed by atoms with van der Waals surface area (Å²) in [5, 5.41) is 0.848. The number of rotatable bonds is 2. The van der Waals surface area contributed by atoms with Crippen molar-refractivity contribution >= 4 is 22.5 Å². The van der Waals surface area contributed by atoms with E-state index in [9.17, 15) is 4.79 Å². The van der Waals surface area contributed by atoms with Crippen molar-refractivity contribution in [1.29, 1.82) is 0 Å². The zero-order valence-electron chi connectivity index (χ0n) is 12.3. The molecule has 0 saturated carbocycles. The minimum atomic E-state index is -0.305. The molecule has 0 unspecified atom stereocenters. The summed E-state index contributed by atoms with van der Waals surface area (Å²) < 4.78 is 15.1. The van der Waals surface area contributed by atoms with Gasteiger partial charge in [0, 0.05) is 17.3 Å².